The lowest BCUT2D eigenvalue weighted by molar-refractivity contribution is -0.121. The van der Waals surface area contributed by atoms with Crippen LogP contribution in [0.4, 0.5) is 0 Å². The summed E-state index contributed by atoms with van der Waals surface area (Å²) in [6, 6.07) is 7.54. The van der Waals surface area contributed by atoms with Crippen molar-refractivity contribution in [3.63, 3.8) is 0 Å². The predicted octanol–water partition coefficient (Wildman–Crippen LogP) is 3.40. The SMILES string of the molecule is COc1ccccc1-c1noc(CCC(=O)NCC2CC3C=CC2C32CC2)n1. The number of benzene rings is 1. The van der Waals surface area contributed by atoms with Crippen LogP contribution in [0, 0.1) is 23.2 Å². The van der Waals surface area contributed by atoms with Gasteiger partial charge in [-0.3, -0.25) is 4.79 Å². The molecule has 0 saturated heterocycles. The van der Waals surface area contributed by atoms with Crippen molar-refractivity contribution in [1.29, 1.82) is 0 Å². The highest BCUT2D eigenvalue weighted by Crippen LogP contribution is 2.69. The number of amides is 1. The quantitative estimate of drug-likeness (QED) is 0.746. The van der Waals surface area contributed by atoms with E-state index in [0.717, 1.165) is 18.0 Å². The van der Waals surface area contributed by atoms with Gasteiger partial charge in [0.15, 0.2) is 0 Å². The number of hydrogen-bond acceptors (Lipinski definition) is 5. The van der Waals surface area contributed by atoms with Crippen LogP contribution in [0.1, 0.15) is 31.6 Å². The van der Waals surface area contributed by atoms with E-state index in [-0.39, 0.29) is 5.91 Å². The molecule has 1 spiro atoms. The number of methoxy groups -OCH3 is 1. The third kappa shape index (κ3) is 2.91. The number of nitrogens with zero attached hydrogens (tertiary/aromatic N) is 2. The van der Waals surface area contributed by atoms with Gasteiger partial charge in [-0.15, -0.1) is 0 Å². The number of carbonyl (C=O) groups excluding carboxylic acids is 1. The molecule has 2 saturated carbocycles. The zero-order chi connectivity index (χ0) is 19.1. The second-order valence-electron chi connectivity index (χ2n) is 8.26. The lowest BCUT2D eigenvalue weighted by atomic mass is 9.89. The number of allylic oxidation sites excluding steroid dienone is 2. The molecule has 2 aromatic rings. The third-order valence-corrected chi connectivity index (χ3v) is 6.79. The van der Waals surface area contributed by atoms with Crippen LogP contribution in [0.5, 0.6) is 5.75 Å². The fraction of sp³-hybridized carbons (Fsp3) is 0.500. The van der Waals surface area contributed by atoms with Gasteiger partial charge in [0.2, 0.25) is 17.6 Å². The Morgan fingerprint density at radius 1 is 1.32 bits per heavy atom. The molecule has 0 aliphatic heterocycles. The van der Waals surface area contributed by atoms with Crippen molar-refractivity contribution < 1.29 is 14.1 Å². The average molecular weight is 379 g/mol. The average Bonchev–Trinajstić information content (AvgIpc) is 3.15. The van der Waals surface area contributed by atoms with Crippen LogP contribution >= 0.6 is 0 Å². The standard InChI is InChI=1S/C22H25N3O3/c1-27-18-5-3-2-4-16(18)21-24-20(28-25-21)9-8-19(26)23-13-14-12-15-6-7-17(14)22(15)10-11-22/h2-7,14-15,17H,8-13H2,1H3,(H,23,26). The van der Waals surface area contributed by atoms with Gasteiger partial charge >= 0.3 is 0 Å². The van der Waals surface area contributed by atoms with Crippen molar-refractivity contribution in [2.24, 2.45) is 23.2 Å². The van der Waals surface area contributed by atoms with E-state index in [1.807, 2.05) is 24.3 Å². The van der Waals surface area contributed by atoms with Gasteiger partial charge < -0.3 is 14.6 Å². The van der Waals surface area contributed by atoms with E-state index in [0.29, 0.717) is 47.6 Å². The van der Waals surface area contributed by atoms with Gasteiger partial charge in [-0.05, 0) is 54.6 Å². The molecular weight excluding hydrogens is 354 g/mol. The normalized spacial score (nSPS) is 26.0. The maximum Gasteiger partial charge on any atom is 0.227 e. The maximum atomic E-state index is 12.3. The van der Waals surface area contributed by atoms with Crippen molar-refractivity contribution in [2.75, 3.05) is 13.7 Å². The third-order valence-electron chi connectivity index (χ3n) is 6.79. The van der Waals surface area contributed by atoms with Crippen LogP contribution < -0.4 is 10.1 Å². The molecule has 6 heteroatoms. The highest BCUT2D eigenvalue weighted by molar-refractivity contribution is 5.76. The molecule has 28 heavy (non-hydrogen) atoms. The molecule has 2 bridgehead atoms. The Labute approximate surface area is 164 Å². The Morgan fingerprint density at radius 2 is 2.18 bits per heavy atom. The Morgan fingerprint density at radius 3 is 2.96 bits per heavy atom. The molecule has 1 amide bonds. The number of carbonyl (C=O) groups is 1. The van der Waals surface area contributed by atoms with E-state index in [1.165, 1.54) is 19.3 Å². The van der Waals surface area contributed by atoms with Gasteiger partial charge in [-0.25, -0.2) is 0 Å². The Hall–Kier alpha value is -2.63. The number of hydrogen-bond donors (Lipinski definition) is 1. The molecule has 146 valence electrons. The van der Waals surface area contributed by atoms with Crippen molar-refractivity contribution in [1.82, 2.24) is 15.5 Å². The largest absolute Gasteiger partial charge is 0.496 e. The zero-order valence-electron chi connectivity index (χ0n) is 16.1. The zero-order valence-corrected chi connectivity index (χ0v) is 16.1. The van der Waals surface area contributed by atoms with Crippen molar-refractivity contribution in [3.05, 3.63) is 42.3 Å². The van der Waals surface area contributed by atoms with Crippen LogP contribution in [-0.2, 0) is 11.2 Å². The summed E-state index contributed by atoms with van der Waals surface area (Å²) in [5, 5.41) is 7.14. The van der Waals surface area contributed by atoms with Crippen LogP contribution in [0.3, 0.4) is 0 Å². The first-order valence-corrected chi connectivity index (χ1v) is 10.1. The van der Waals surface area contributed by atoms with Crippen LogP contribution in [-0.4, -0.2) is 29.7 Å². The molecule has 6 nitrogen and oxygen atoms in total. The van der Waals surface area contributed by atoms with Gasteiger partial charge in [0, 0.05) is 19.4 Å². The van der Waals surface area contributed by atoms with E-state index in [2.05, 4.69) is 27.6 Å². The number of rotatable bonds is 7. The minimum Gasteiger partial charge on any atom is -0.496 e. The molecule has 3 unspecified atom stereocenters. The minimum atomic E-state index is 0.0497. The summed E-state index contributed by atoms with van der Waals surface area (Å²) in [5.41, 5.74) is 1.36. The van der Waals surface area contributed by atoms with Crippen LogP contribution in [0.15, 0.2) is 40.9 Å². The fourth-order valence-electron chi connectivity index (χ4n) is 5.20. The summed E-state index contributed by atoms with van der Waals surface area (Å²) in [7, 11) is 1.61. The van der Waals surface area contributed by atoms with Gasteiger partial charge in [0.1, 0.15) is 5.75 Å². The smallest absolute Gasteiger partial charge is 0.227 e. The van der Waals surface area contributed by atoms with Gasteiger partial charge in [-0.2, -0.15) is 4.98 Å². The Kier molecular flexibility index (Phi) is 4.22. The first kappa shape index (κ1) is 17.5. The molecule has 5 rings (SSSR count). The molecule has 1 N–H and O–H groups in total. The molecule has 3 aliphatic rings. The molecule has 2 fully saturated rings. The van der Waals surface area contributed by atoms with Gasteiger partial charge in [0.25, 0.3) is 0 Å². The van der Waals surface area contributed by atoms with Gasteiger partial charge in [0.05, 0.1) is 12.7 Å². The highest BCUT2D eigenvalue weighted by atomic mass is 16.5. The number of aromatic nitrogens is 2. The van der Waals surface area contributed by atoms with Crippen LogP contribution in [0.25, 0.3) is 11.4 Å². The molecule has 3 aliphatic carbocycles. The molecular formula is C22H25N3O3. The fourth-order valence-corrected chi connectivity index (χ4v) is 5.20. The molecule has 1 aromatic carbocycles. The number of nitrogens with one attached hydrogen (secondary N) is 1. The molecule has 1 aromatic heterocycles. The summed E-state index contributed by atoms with van der Waals surface area (Å²) < 4.78 is 10.7. The van der Waals surface area contributed by atoms with Crippen molar-refractivity contribution >= 4 is 5.91 Å². The Balaban J connectivity index is 1.13. The number of aryl methyl sites for hydroxylation is 1. The lowest BCUT2D eigenvalue weighted by Crippen LogP contribution is -2.31. The minimum absolute atomic E-state index is 0.0497. The molecule has 1 heterocycles. The van der Waals surface area contributed by atoms with Gasteiger partial charge in [-0.1, -0.05) is 29.4 Å². The monoisotopic (exact) mass is 379 g/mol. The number of ether oxygens (including phenoxy) is 1. The predicted molar refractivity (Wildman–Crippen MR) is 104 cm³/mol. The summed E-state index contributed by atoms with van der Waals surface area (Å²) in [5.74, 6) is 3.73. The van der Waals surface area contributed by atoms with E-state index < -0.39 is 0 Å². The van der Waals surface area contributed by atoms with Crippen LogP contribution in [0.2, 0.25) is 0 Å². The van der Waals surface area contributed by atoms with E-state index in [4.69, 9.17) is 9.26 Å². The summed E-state index contributed by atoms with van der Waals surface area (Å²) in [4.78, 5) is 16.7. The summed E-state index contributed by atoms with van der Waals surface area (Å²) >= 11 is 0. The topological polar surface area (TPSA) is 77.2 Å². The first-order chi connectivity index (χ1) is 13.7. The maximum absolute atomic E-state index is 12.3. The highest BCUT2D eigenvalue weighted by Gasteiger charge is 2.62. The first-order valence-electron chi connectivity index (χ1n) is 10.1. The second-order valence-corrected chi connectivity index (χ2v) is 8.26. The van der Waals surface area contributed by atoms with E-state index in [9.17, 15) is 4.79 Å². The van der Waals surface area contributed by atoms with E-state index in [1.54, 1.807) is 7.11 Å². The molecule has 3 atom stereocenters. The van der Waals surface area contributed by atoms with E-state index >= 15 is 0 Å². The van der Waals surface area contributed by atoms with Crippen molar-refractivity contribution in [2.45, 2.75) is 32.1 Å². The van der Waals surface area contributed by atoms with Crippen molar-refractivity contribution in [3.8, 4) is 17.1 Å². The molecule has 0 radical (unpaired) electrons. The number of para-hydroxylation sites is 1. The summed E-state index contributed by atoms with van der Waals surface area (Å²) in [6.07, 6.45) is 9.56. The summed E-state index contributed by atoms with van der Waals surface area (Å²) in [6.45, 7) is 0.780. The Bertz CT molecular complexity index is 915. The lowest BCUT2D eigenvalue weighted by Gasteiger charge is -2.20. The second kappa shape index (κ2) is 6.76.